The molecule has 0 spiro atoms. The molecule has 1 aromatic heterocycles. The summed E-state index contributed by atoms with van der Waals surface area (Å²) in [5.74, 6) is 0. The van der Waals surface area contributed by atoms with Gasteiger partial charge in [0.25, 0.3) is 0 Å². The van der Waals surface area contributed by atoms with Crippen molar-refractivity contribution >= 4 is 0 Å². The highest BCUT2D eigenvalue weighted by Crippen LogP contribution is 2.12. The second-order valence-corrected chi connectivity index (χ2v) is 4.88. The second-order valence-electron chi connectivity index (χ2n) is 4.88. The zero-order chi connectivity index (χ0) is 13.7. The fourth-order valence-corrected chi connectivity index (χ4v) is 1.85. The van der Waals surface area contributed by atoms with Crippen LogP contribution in [-0.4, -0.2) is 16.6 Å². The van der Waals surface area contributed by atoms with Crippen molar-refractivity contribution in [2.75, 3.05) is 6.54 Å². The topological polar surface area (TPSA) is 45.1 Å². The van der Waals surface area contributed by atoms with E-state index in [-0.39, 0.29) is 0 Å². The Labute approximate surface area is 114 Å². The first-order chi connectivity index (χ1) is 9.15. The van der Waals surface area contributed by atoms with Crippen LogP contribution in [0.2, 0.25) is 0 Å². The van der Waals surface area contributed by atoms with Crippen LogP contribution in [0, 0.1) is 13.8 Å². The molecule has 0 radical (unpaired) electrons. The van der Waals surface area contributed by atoms with Gasteiger partial charge < -0.3 is 10.4 Å². The molecular formula is C16H20N2O. The lowest BCUT2D eigenvalue weighted by molar-refractivity contribution is 0.174. The number of hydrogen-bond donors (Lipinski definition) is 2. The average molecular weight is 256 g/mol. The minimum atomic E-state index is -0.481. The summed E-state index contributed by atoms with van der Waals surface area (Å²) in [6, 6.07) is 12.0. The van der Waals surface area contributed by atoms with Crippen molar-refractivity contribution in [1.82, 2.24) is 10.3 Å². The van der Waals surface area contributed by atoms with Gasteiger partial charge in [0.2, 0.25) is 0 Å². The highest BCUT2D eigenvalue weighted by atomic mass is 16.3. The highest BCUT2D eigenvalue weighted by Gasteiger charge is 2.06. The first-order valence-corrected chi connectivity index (χ1v) is 6.52. The Balaban J connectivity index is 1.82. The minimum Gasteiger partial charge on any atom is -0.387 e. The number of pyridine rings is 1. The zero-order valence-corrected chi connectivity index (χ0v) is 11.4. The van der Waals surface area contributed by atoms with Crippen LogP contribution in [0.5, 0.6) is 0 Å². The van der Waals surface area contributed by atoms with Crippen LogP contribution in [0.25, 0.3) is 0 Å². The molecule has 0 aliphatic rings. The van der Waals surface area contributed by atoms with E-state index in [1.54, 1.807) is 0 Å². The van der Waals surface area contributed by atoms with Crippen LogP contribution in [0.4, 0.5) is 0 Å². The van der Waals surface area contributed by atoms with Crippen LogP contribution >= 0.6 is 0 Å². The molecule has 19 heavy (non-hydrogen) atoms. The quantitative estimate of drug-likeness (QED) is 0.864. The van der Waals surface area contributed by atoms with Crippen LogP contribution in [0.15, 0.2) is 42.6 Å². The lowest BCUT2D eigenvalue weighted by Crippen LogP contribution is -2.21. The summed E-state index contributed by atoms with van der Waals surface area (Å²) in [6.07, 6.45) is 1.37. The lowest BCUT2D eigenvalue weighted by Gasteiger charge is -2.12. The third kappa shape index (κ3) is 4.16. The number of aliphatic hydroxyl groups is 1. The molecule has 1 heterocycles. The Morgan fingerprint density at radius 3 is 2.37 bits per heavy atom. The van der Waals surface area contributed by atoms with Crippen molar-refractivity contribution < 1.29 is 5.11 Å². The Bertz CT molecular complexity index is 505. The second kappa shape index (κ2) is 6.45. The van der Waals surface area contributed by atoms with E-state index in [0.29, 0.717) is 13.1 Å². The van der Waals surface area contributed by atoms with Gasteiger partial charge in [-0.2, -0.15) is 0 Å². The normalized spacial score (nSPS) is 12.4. The van der Waals surface area contributed by atoms with Gasteiger partial charge in [0, 0.05) is 19.3 Å². The van der Waals surface area contributed by atoms with Crippen LogP contribution < -0.4 is 5.32 Å². The maximum absolute atomic E-state index is 10.1. The fraction of sp³-hybridized carbons (Fsp3) is 0.312. The van der Waals surface area contributed by atoms with E-state index in [2.05, 4.69) is 10.3 Å². The van der Waals surface area contributed by atoms with E-state index in [4.69, 9.17) is 0 Å². The van der Waals surface area contributed by atoms with Gasteiger partial charge in [-0.1, -0.05) is 35.9 Å². The molecule has 0 aliphatic carbocycles. The summed E-state index contributed by atoms with van der Waals surface area (Å²) < 4.78 is 0. The Hall–Kier alpha value is -1.71. The molecule has 1 unspecified atom stereocenters. The third-order valence-corrected chi connectivity index (χ3v) is 3.08. The van der Waals surface area contributed by atoms with E-state index in [0.717, 1.165) is 16.8 Å². The maximum Gasteiger partial charge on any atom is 0.0914 e. The third-order valence-electron chi connectivity index (χ3n) is 3.08. The summed E-state index contributed by atoms with van der Waals surface area (Å²) in [5.41, 5.74) is 4.29. The maximum atomic E-state index is 10.1. The molecule has 0 saturated heterocycles. The first kappa shape index (κ1) is 13.7. The molecule has 3 nitrogen and oxygen atoms in total. The van der Waals surface area contributed by atoms with Gasteiger partial charge in [-0.25, -0.2) is 0 Å². The molecule has 1 atom stereocenters. The van der Waals surface area contributed by atoms with Gasteiger partial charge in [-0.3, -0.25) is 4.98 Å². The largest absolute Gasteiger partial charge is 0.387 e. The molecule has 2 N–H and O–H groups in total. The summed E-state index contributed by atoms with van der Waals surface area (Å²) in [6.45, 7) is 5.25. The molecule has 0 saturated carbocycles. The van der Waals surface area contributed by atoms with Crippen molar-refractivity contribution in [2.24, 2.45) is 0 Å². The van der Waals surface area contributed by atoms with Crippen molar-refractivity contribution in [3.63, 3.8) is 0 Å². The molecule has 2 rings (SSSR count). The Kier molecular flexibility index (Phi) is 4.66. The van der Waals surface area contributed by atoms with Crippen LogP contribution in [0.1, 0.15) is 28.5 Å². The number of nitrogens with zero attached hydrogens (tertiary/aromatic N) is 1. The number of nitrogens with one attached hydrogen (secondary N) is 1. The standard InChI is InChI=1S/C16H20N2O/c1-12-3-6-14(7-4-12)16(19)11-17-10-15-8-5-13(2)9-18-15/h3-9,16-17,19H,10-11H2,1-2H3. The van der Waals surface area contributed by atoms with Crippen LogP contribution in [-0.2, 0) is 6.54 Å². The van der Waals surface area contributed by atoms with E-state index < -0.39 is 6.10 Å². The van der Waals surface area contributed by atoms with Gasteiger partial charge >= 0.3 is 0 Å². The van der Waals surface area contributed by atoms with Gasteiger partial charge in [0.15, 0.2) is 0 Å². The molecule has 2 aromatic rings. The Morgan fingerprint density at radius 2 is 1.74 bits per heavy atom. The summed E-state index contributed by atoms with van der Waals surface area (Å²) >= 11 is 0. The molecule has 0 aliphatic heterocycles. The fourth-order valence-electron chi connectivity index (χ4n) is 1.85. The van der Waals surface area contributed by atoms with E-state index in [9.17, 15) is 5.11 Å². The number of benzene rings is 1. The molecule has 0 amide bonds. The van der Waals surface area contributed by atoms with E-state index in [1.807, 2.05) is 56.4 Å². The number of aryl methyl sites for hydroxylation is 2. The summed E-state index contributed by atoms with van der Waals surface area (Å²) in [7, 11) is 0. The number of rotatable bonds is 5. The van der Waals surface area contributed by atoms with Crippen molar-refractivity contribution in [1.29, 1.82) is 0 Å². The van der Waals surface area contributed by atoms with E-state index >= 15 is 0 Å². The highest BCUT2D eigenvalue weighted by molar-refractivity contribution is 5.23. The van der Waals surface area contributed by atoms with Crippen LogP contribution in [0.3, 0.4) is 0 Å². The molecular weight excluding hydrogens is 236 g/mol. The monoisotopic (exact) mass is 256 g/mol. The molecule has 0 bridgehead atoms. The first-order valence-electron chi connectivity index (χ1n) is 6.52. The molecule has 100 valence electrons. The molecule has 3 heteroatoms. The predicted octanol–water partition coefficient (Wildman–Crippen LogP) is 2.52. The minimum absolute atomic E-state index is 0.481. The zero-order valence-electron chi connectivity index (χ0n) is 11.4. The van der Waals surface area contributed by atoms with Gasteiger partial charge in [-0.15, -0.1) is 0 Å². The van der Waals surface area contributed by atoms with Crippen molar-refractivity contribution in [3.05, 3.63) is 65.0 Å². The average Bonchev–Trinajstić information content (AvgIpc) is 2.41. The number of aromatic nitrogens is 1. The smallest absolute Gasteiger partial charge is 0.0914 e. The lowest BCUT2D eigenvalue weighted by atomic mass is 10.1. The van der Waals surface area contributed by atoms with Gasteiger partial charge in [0.1, 0.15) is 0 Å². The van der Waals surface area contributed by atoms with Gasteiger partial charge in [-0.05, 0) is 31.0 Å². The molecule has 0 fully saturated rings. The molecule has 1 aromatic carbocycles. The predicted molar refractivity (Wildman–Crippen MR) is 76.8 cm³/mol. The summed E-state index contributed by atoms with van der Waals surface area (Å²) in [4.78, 5) is 4.32. The number of hydrogen-bond acceptors (Lipinski definition) is 3. The van der Waals surface area contributed by atoms with Crippen molar-refractivity contribution in [3.8, 4) is 0 Å². The van der Waals surface area contributed by atoms with E-state index in [1.165, 1.54) is 5.56 Å². The van der Waals surface area contributed by atoms with Crippen molar-refractivity contribution in [2.45, 2.75) is 26.5 Å². The Morgan fingerprint density at radius 1 is 1.05 bits per heavy atom. The number of aliphatic hydroxyl groups excluding tert-OH is 1. The summed E-state index contributed by atoms with van der Waals surface area (Å²) in [5, 5.41) is 13.3. The SMILES string of the molecule is Cc1ccc(C(O)CNCc2ccc(C)cn2)cc1. The van der Waals surface area contributed by atoms with Gasteiger partial charge in [0.05, 0.1) is 11.8 Å².